The van der Waals surface area contributed by atoms with E-state index in [0.717, 1.165) is 12.3 Å². The van der Waals surface area contributed by atoms with Gasteiger partial charge >= 0.3 is 0 Å². The molecule has 3 atom stereocenters. The number of hydrogen-bond acceptors (Lipinski definition) is 5. The van der Waals surface area contributed by atoms with Crippen molar-refractivity contribution in [3.05, 3.63) is 45.8 Å². The SMILES string of the molecule is COc1ccc(/C(C#N)=C/c2c(Cl)cncc2Cl)nc1OC1CC2CCC1C2. The molecule has 0 N–H and O–H groups in total. The average molecular weight is 416 g/mol. The molecule has 5 nitrogen and oxygen atoms in total. The molecule has 2 bridgehead atoms. The number of nitriles is 1. The topological polar surface area (TPSA) is 68.0 Å². The minimum absolute atomic E-state index is 0.161. The van der Waals surface area contributed by atoms with Gasteiger partial charge in [0.05, 0.1) is 28.4 Å². The van der Waals surface area contributed by atoms with Crippen molar-refractivity contribution in [2.75, 3.05) is 7.11 Å². The molecule has 3 unspecified atom stereocenters. The van der Waals surface area contributed by atoms with Crippen LogP contribution in [-0.2, 0) is 0 Å². The third kappa shape index (κ3) is 3.67. The maximum absolute atomic E-state index is 9.68. The van der Waals surface area contributed by atoms with E-state index in [0.29, 0.717) is 44.4 Å². The Morgan fingerprint density at radius 1 is 1.21 bits per heavy atom. The number of hydrogen-bond donors (Lipinski definition) is 0. The highest BCUT2D eigenvalue weighted by Gasteiger charge is 2.41. The summed E-state index contributed by atoms with van der Waals surface area (Å²) in [6.07, 6.45) is 9.54. The van der Waals surface area contributed by atoms with Crippen molar-refractivity contribution in [1.82, 2.24) is 9.97 Å². The van der Waals surface area contributed by atoms with Crippen LogP contribution < -0.4 is 9.47 Å². The quantitative estimate of drug-likeness (QED) is 0.609. The number of ether oxygens (including phenoxy) is 2. The lowest BCUT2D eigenvalue weighted by Gasteiger charge is -2.23. The van der Waals surface area contributed by atoms with Crippen molar-refractivity contribution < 1.29 is 9.47 Å². The summed E-state index contributed by atoms with van der Waals surface area (Å²) in [6.45, 7) is 0. The van der Waals surface area contributed by atoms with E-state index in [1.54, 1.807) is 25.3 Å². The number of fused-ring (bicyclic) bond motifs is 2. The monoisotopic (exact) mass is 415 g/mol. The molecule has 0 amide bonds. The first-order valence-corrected chi connectivity index (χ1v) is 9.97. The third-order valence-electron chi connectivity index (χ3n) is 5.56. The fourth-order valence-corrected chi connectivity index (χ4v) is 4.63. The van der Waals surface area contributed by atoms with Gasteiger partial charge in [-0.05, 0) is 55.7 Å². The molecule has 2 heterocycles. The molecule has 2 aliphatic rings. The average Bonchev–Trinajstić information content (AvgIpc) is 3.31. The van der Waals surface area contributed by atoms with Crippen LogP contribution in [0.15, 0.2) is 24.5 Å². The Hall–Kier alpha value is -2.29. The Morgan fingerprint density at radius 3 is 2.61 bits per heavy atom. The largest absolute Gasteiger partial charge is 0.491 e. The van der Waals surface area contributed by atoms with Crippen molar-refractivity contribution in [2.24, 2.45) is 11.8 Å². The fraction of sp³-hybridized carbons (Fsp3) is 0.381. The molecule has 144 valence electrons. The smallest absolute Gasteiger partial charge is 0.257 e. The van der Waals surface area contributed by atoms with Gasteiger partial charge in [0.25, 0.3) is 5.88 Å². The van der Waals surface area contributed by atoms with E-state index in [1.165, 1.54) is 31.7 Å². The number of nitrogens with zero attached hydrogens (tertiary/aromatic N) is 3. The summed E-state index contributed by atoms with van der Waals surface area (Å²) in [5.74, 6) is 2.32. The number of rotatable bonds is 5. The molecule has 2 aliphatic carbocycles. The molecule has 28 heavy (non-hydrogen) atoms. The lowest BCUT2D eigenvalue weighted by molar-refractivity contribution is 0.127. The summed E-state index contributed by atoms with van der Waals surface area (Å²) in [7, 11) is 1.59. The highest BCUT2D eigenvalue weighted by molar-refractivity contribution is 6.37. The number of allylic oxidation sites excluding steroid dienone is 1. The molecule has 2 aromatic rings. The van der Waals surface area contributed by atoms with Crippen molar-refractivity contribution in [3.63, 3.8) is 0 Å². The highest BCUT2D eigenvalue weighted by Crippen LogP contribution is 2.46. The number of aromatic nitrogens is 2. The summed E-state index contributed by atoms with van der Waals surface area (Å²) >= 11 is 12.4. The number of pyridine rings is 2. The Morgan fingerprint density at radius 2 is 2.00 bits per heavy atom. The predicted octanol–water partition coefficient (Wildman–Crippen LogP) is 5.42. The van der Waals surface area contributed by atoms with Gasteiger partial charge in [0.15, 0.2) is 5.75 Å². The molecule has 0 saturated heterocycles. The first-order chi connectivity index (χ1) is 13.6. The van der Waals surface area contributed by atoms with Crippen molar-refractivity contribution in [3.8, 4) is 17.7 Å². The van der Waals surface area contributed by atoms with E-state index >= 15 is 0 Å². The first kappa shape index (κ1) is 19.0. The second kappa shape index (κ2) is 7.98. The molecule has 2 saturated carbocycles. The molecule has 0 radical (unpaired) electrons. The first-order valence-electron chi connectivity index (χ1n) is 9.22. The van der Waals surface area contributed by atoms with Crippen LogP contribution in [0.4, 0.5) is 0 Å². The van der Waals surface area contributed by atoms with E-state index in [2.05, 4.69) is 16.0 Å². The van der Waals surface area contributed by atoms with Crippen LogP contribution in [0.25, 0.3) is 11.6 Å². The zero-order chi connectivity index (χ0) is 19.7. The van der Waals surface area contributed by atoms with Crippen molar-refractivity contribution in [1.29, 1.82) is 5.26 Å². The van der Waals surface area contributed by atoms with Crippen LogP contribution in [0.3, 0.4) is 0 Å². The highest BCUT2D eigenvalue weighted by atomic mass is 35.5. The fourth-order valence-electron chi connectivity index (χ4n) is 4.16. The summed E-state index contributed by atoms with van der Waals surface area (Å²) < 4.78 is 11.6. The Kier molecular flexibility index (Phi) is 5.43. The van der Waals surface area contributed by atoms with Crippen LogP contribution in [-0.4, -0.2) is 23.2 Å². The molecule has 0 spiro atoms. The number of halogens is 2. The molecular formula is C21H19Cl2N3O2. The number of methoxy groups -OCH3 is 1. The Labute approximate surface area is 173 Å². The molecule has 0 aromatic carbocycles. The minimum Gasteiger partial charge on any atom is -0.491 e. The second-order valence-corrected chi connectivity index (χ2v) is 8.04. The van der Waals surface area contributed by atoms with E-state index in [9.17, 15) is 5.26 Å². The van der Waals surface area contributed by atoms with E-state index in [-0.39, 0.29) is 6.10 Å². The van der Waals surface area contributed by atoms with Crippen LogP contribution in [0.1, 0.15) is 36.9 Å². The van der Waals surface area contributed by atoms with E-state index in [1.807, 2.05) is 0 Å². The van der Waals surface area contributed by atoms with Gasteiger partial charge in [-0.3, -0.25) is 4.98 Å². The summed E-state index contributed by atoms with van der Waals surface area (Å²) in [5, 5.41) is 10.4. The Balaban J connectivity index is 1.67. The van der Waals surface area contributed by atoms with Gasteiger partial charge in [-0.15, -0.1) is 0 Å². The molecule has 2 fully saturated rings. The van der Waals surface area contributed by atoms with Gasteiger partial charge in [0.2, 0.25) is 0 Å². The van der Waals surface area contributed by atoms with Crippen LogP contribution in [0.2, 0.25) is 10.0 Å². The molecule has 2 aromatic heterocycles. The van der Waals surface area contributed by atoms with E-state index < -0.39 is 0 Å². The van der Waals surface area contributed by atoms with E-state index in [4.69, 9.17) is 32.7 Å². The normalized spacial score (nSPS) is 23.5. The summed E-state index contributed by atoms with van der Waals surface area (Å²) in [4.78, 5) is 8.51. The maximum atomic E-state index is 9.68. The van der Waals surface area contributed by atoms with Gasteiger partial charge < -0.3 is 9.47 Å². The molecule has 0 aliphatic heterocycles. The van der Waals surface area contributed by atoms with Gasteiger partial charge in [0.1, 0.15) is 12.2 Å². The van der Waals surface area contributed by atoms with Crippen molar-refractivity contribution >= 4 is 34.9 Å². The van der Waals surface area contributed by atoms with Crippen molar-refractivity contribution in [2.45, 2.75) is 31.8 Å². The van der Waals surface area contributed by atoms with Gasteiger partial charge in [-0.1, -0.05) is 23.2 Å². The molecule has 4 rings (SSSR count). The van der Waals surface area contributed by atoms with Gasteiger partial charge in [-0.25, -0.2) is 4.98 Å². The Bertz CT molecular complexity index is 950. The summed E-state index contributed by atoms with van der Waals surface area (Å²) in [5.41, 5.74) is 1.34. The lowest BCUT2D eigenvalue weighted by atomic mass is 9.98. The standard InChI is InChI=1S/C21H19Cl2N3O2/c1-27-19-5-4-18(14(9-24)8-15-16(22)10-25-11-17(15)23)26-21(19)28-20-7-12-2-3-13(20)6-12/h4-5,8,10-13,20H,2-3,6-7H2,1H3/b14-8+. The molecule has 7 heteroatoms. The zero-order valence-corrected chi connectivity index (χ0v) is 16.9. The minimum atomic E-state index is 0.161. The van der Waals surface area contributed by atoms with Crippen LogP contribution in [0, 0.1) is 23.2 Å². The zero-order valence-electron chi connectivity index (χ0n) is 15.4. The second-order valence-electron chi connectivity index (χ2n) is 7.22. The predicted molar refractivity (Wildman–Crippen MR) is 108 cm³/mol. The summed E-state index contributed by atoms with van der Waals surface area (Å²) in [6, 6.07) is 5.67. The third-order valence-corrected chi connectivity index (χ3v) is 6.16. The van der Waals surface area contributed by atoms with Gasteiger partial charge in [-0.2, -0.15) is 5.26 Å². The van der Waals surface area contributed by atoms with Crippen LogP contribution in [0.5, 0.6) is 11.6 Å². The van der Waals surface area contributed by atoms with Crippen LogP contribution >= 0.6 is 23.2 Å². The van der Waals surface area contributed by atoms with Gasteiger partial charge in [0, 0.05) is 18.0 Å². The lowest BCUT2D eigenvalue weighted by Crippen LogP contribution is -2.24. The molecular weight excluding hydrogens is 397 g/mol. The maximum Gasteiger partial charge on any atom is 0.257 e.